The summed E-state index contributed by atoms with van der Waals surface area (Å²) >= 11 is 6.70. The van der Waals surface area contributed by atoms with Crippen LogP contribution in [0.25, 0.3) is 0 Å². The number of hydrogen-bond acceptors (Lipinski definition) is 5. The van der Waals surface area contributed by atoms with E-state index in [9.17, 15) is 4.79 Å². The van der Waals surface area contributed by atoms with Crippen molar-refractivity contribution < 1.29 is 4.79 Å². The minimum Gasteiger partial charge on any atom is -0.326 e. The Morgan fingerprint density at radius 2 is 2.23 bits per heavy atom. The van der Waals surface area contributed by atoms with E-state index in [1.165, 1.54) is 11.3 Å². The van der Waals surface area contributed by atoms with Crippen molar-refractivity contribution in [2.24, 2.45) is 5.92 Å². The third-order valence-electron chi connectivity index (χ3n) is 3.80. The molecule has 3 rings (SSSR count). The molecule has 2 aromatic rings. The SMILES string of the molecule is O=C(Nc1ccccc1)C1CCCN(Cn2ncsc2=S)C1. The van der Waals surface area contributed by atoms with Gasteiger partial charge in [0.2, 0.25) is 5.91 Å². The van der Waals surface area contributed by atoms with Crippen LogP contribution in [-0.2, 0) is 11.5 Å². The number of rotatable bonds is 4. The van der Waals surface area contributed by atoms with E-state index in [0.29, 0.717) is 6.67 Å². The van der Waals surface area contributed by atoms with Gasteiger partial charge >= 0.3 is 0 Å². The number of amides is 1. The van der Waals surface area contributed by atoms with E-state index >= 15 is 0 Å². The highest BCUT2D eigenvalue weighted by molar-refractivity contribution is 7.73. The molecule has 0 aliphatic carbocycles. The molecule has 1 atom stereocenters. The number of nitrogens with one attached hydrogen (secondary N) is 1. The Labute approximate surface area is 138 Å². The first-order valence-corrected chi connectivity index (χ1v) is 8.60. The van der Waals surface area contributed by atoms with Crippen LogP contribution < -0.4 is 5.32 Å². The molecule has 1 saturated heterocycles. The van der Waals surface area contributed by atoms with Crippen molar-refractivity contribution in [2.75, 3.05) is 18.4 Å². The first kappa shape index (κ1) is 15.3. The molecule has 0 spiro atoms. The van der Waals surface area contributed by atoms with Crippen molar-refractivity contribution in [3.63, 3.8) is 0 Å². The van der Waals surface area contributed by atoms with Crippen LogP contribution >= 0.6 is 23.6 Å². The van der Waals surface area contributed by atoms with Gasteiger partial charge in [-0.3, -0.25) is 9.69 Å². The molecule has 5 nitrogen and oxygen atoms in total. The Kier molecular flexibility index (Phi) is 4.97. The molecule has 1 aliphatic rings. The highest BCUT2D eigenvalue weighted by Crippen LogP contribution is 2.19. The molecule has 1 aliphatic heterocycles. The highest BCUT2D eigenvalue weighted by atomic mass is 32.1. The first-order valence-electron chi connectivity index (χ1n) is 7.31. The molecular formula is C15H18N4OS2. The normalized spacial score (nSPS) is 19.0. The lowest BCUT2D eigenvalue weighted by Crippen LogP contribution is -2.41. The second-order valence-electron chi connectivity index (χ2n) is 5.42. The molecule has 1 aromatic carbocycles. The zero-order valence-electron chi connectivity index (χ0n) is 12.1. The molecule has 2 heterocycles. The number of likely N-dealkylation sites (tertiary alicyclic amines) is 1. The Morgan fingerprint density at radius 1 is 1.41 bits per heavy atom. The Balaban J connectivity index is 1.59. The van der Waals surface area contributed by atoms with Crippen molar-refractivity contribution >= 4 is 35.1 Å². The van der Waals surface area contributed by atoms with E-state index in [0.717, 1.165) is 35.6 Å². The first-order chi connectivity index (χ1) is 10.7. The van der Waals surface area contributed by atoms with Crippen molar-refractivity contribution in [1.82, 2.24) is 14.7 Å². The van der Waals surface area contributed by atoms with E-state index in [4.69, 9.17) is 12.2 Å². The van der Waals surface area contributed by atoms with Gasteiger partial charge in [0.15, 0.2) is 3.95 Å². The van der Waals surface area contributed by atoms with Crippen molar-refractivity contribution in [2.45, 2.75) is 19.5 Å². The van der Waals surface area contributed by atoms with Crippen LogP contribution in [0.3, 0.4) is 0 Å². The van der Waals surface area contributed by atoms with Gasteiger partial charge in [-0.25, -0.2) is 4.68 Å². The minimum absolute atomic E-state index is 0.0155. The van der Waals surface area contributed by atoms with Crippen molar-refractivity contribution in [3.8, 4) is 0 Å². The summed E-state index contributed by atoms with van der Waals surface area (Å²) in [6.45, 7) is 2.39. The minimum atomic E-state index is 0.0155. The van der Waals surface area contributed by atoms with Crippen LogP contribution in [0.15, 0.2) is 35.8 Å². The molecule has 22 heavy (non-hydrogen) atoms. The Morgan fingerprint density at radius 3 is 2.95 bits per heavy atom. The topological polar surface area (TPSA) is 50.2 Å². The molecule has 0 radical (unpaired) electrons. The summed E-state index contributed by atoms with van der Waals surface area (Å²) in [5.41, 5.74) is 2.61. The number of anilines is 1. The van der Waals surface area contributed by atoms with E-state index in [-0.39, 0.29) is 11.8 Å². The third-order valence-corrected chi connectivity index (χ3v) is 4.91. The zero-order chi connectivity index (χ0) is 15.4. The third kappa shape index (κ3) is 3.79. The number of piperidine rings is 1. The second-order valence-corrected chi connectivity index (χ2v) is 6.90. The van der Waals surface area contributed by atoms with Gasteiger partial charge in [0.05, 0.1) is 12.6 Å². The maximum atomic E-state index is 12.4. The molecule has 0 bridgehead atoms. The lowest BCUT2D eigenvalue weighted by atomic mass is 9.97. The second kappa shape index (κ2) is 7.13. The van der Waals surface area contributed by atoms with Gasteiger partial charge < -0.3 is 5.32 Å². The summed E-state index contributed by atoms with van der Waals surface area (Å²) in [7, 11) is 0. The number of carbonyl (C=O) groups excluding carboxylic acids is 1. The van der Waals surface area contributed by atoms with Crippen LogP contribution in [0.2, 0.25) is 0 Å². The number of para-hydroxylation sites is 1. The highest BCUT2D eigenvalue weighted by Gasteiger charge is 2.26. The van der Waals surface area contributed by atoms with Gasteiger partial charge in [0, 0.05) is 12.2 Å². The van der Waals surface area contributed by atoms with Gasteiger partial charge in [0.1, 0.15) is 5.51 Å². The van der Waals surface area contributed by atoms with Gasteiger partial charge in [0.25, 0.3) is 0 Å². The molecule has 0 saturated carbocycles. The number of carbonyl (C=O) groups is 1. The van der Waals surface area contributed by atoms with E-state index in [1.54, 1.807) is 5.51 Å². The van der Waals surface area contributed by atoms with Gasteiger partial charge in [-0.2, -0.15) is 5.10 Å². The van der Waals surface area contributed by atoms with Crippen molar-refractivity contribution in [1.29, 1.82) is 0 Å². The van der Waals surface area contributed by atoms with E-state index in [1.807, 2.05) is 35.0 Å². The van der Waals surface area contributed by atoms with Crippen LogP contribution in [0.4, 0.5) is 5.69 Å². The molecule has 7 heteroatoms. The lowest BCUT2D eigenvalue weighted by molar-refractivity contribution is -0.121. The van der Waals surface area contributed by atoms with Crippen molar-refractivity contribution in [3.05, 3.63) is 39.8 Å². The fourth-order valence-corrected chi connectivity index (χ4v) is 3.39. The summed E-state index contributed by atoms with van der Waals surface area (Å²) < 4.78 is 2.59. The largest absolute Gasteiger partial charge is 0.326 e. The molecular weight excluding hydrogens is 316 g/mol. The van der Waals surface area contributed by atoms with Crippen LogP contribution in [0, 0.1) is 9.87 Å². The maximum Gasteiger partial charge on any atom is 0.228 e. The number of hydrogen-bond donors (Lipinski definition) is 1. The van der Waals surface area contributed by atoms with Gasteiger partial charge in [-0.05, 0) is 43.7 Å². The standard InChI is InChI=1S/C15H18N4OS2/c20-14(17-13-6-2-1-3-7-13)12-5-4-8-18(9-12)11-19-15(21)22-10-16-19/h1-3,6-7,10,12H,4-5,8-9,11H2,(H,17,20). The monoisotopic (exact) mass is 334 g/mol. The molecule has 1 amide bonds. The predicted molar refractivity (Wildman–Crippen MR) is 90.3 cm³/mol. The average molecular weight is 334 g/mol. The average Bonchev–Trinajstić information content (AvgIpc) is 2.94. The quantitative estimate of drug-likeness (QED) is 0.874. The van der Waals surface area contributed by atoms with Gasteiger partial charge in [-0.15, -0.1) is 0 Å². The summed E-state index contributed by atoms with van der Waals surface area (Å²) in [5.74, 6) is 0.111. The zero-order valence-corrected chi connectivity index (χ0v) is 13.8. The fraction of sp³-hybridized carbons (Fsp3) is 0.400. The summed E-state index contributed by atoms with van der Waals surface area (Å²) in [5, 5.41) is 7.23. The lowest BCUT2D eigenvalue weighted by Gasteiger charge is -2.31. The summed E-state index contributed by atoms with van der Waals surface area (Å²) in [6, 6.07) is 9.61. The molecule has 1 fully saturated rings. The molecule has 1 N–H and O–H groups in total. The number of nitrogens with zero attached hydrogens (tertiary/aromatic N) is 3. The van der Waals surface area contributed by atoms with Crippen LogP contribution in [-0.4, -0.2) is 33.7 Å². The van der Waals surface area contributed by atoms with E-state index < -0.39 is 0 Å². The van der Waals surface area contributed by atoms with Crippen LogP contribution in [0.5, 0.6) is 0 Å². The number of aromatic nitrogens is 2. The predicted octanol–water partition coefficient (Wildman–Crippen LogP) is 2.98. The van der Waals surface area contributed by atoms with Crippen LogP contribution in [0.1, 0.15) is 12.8 Å². The summed E-state index contributed by atoms with van der Waals surface area (Å²) in [6.07, 6.45) is 1.95. The Bertz CT molecular complexity index is 682. The van der Waals surface area contributed by atoms with E-state index in [2.05, 4.69) is 15.3 Å². The molecule has 116 valence electrons. The summed E-state index contributed by atoms with van der Waals surface area (Å²) in [4.78, 5) is 14.6. The Hall–Kier alpha value is -1.57. The molecule has 1 aromatic heterocycles. The number of benzene rings is 1. The van der Waals surface area contributed by atoms with Gasteiger partial charge in [-0.1, -0.05) is 29.5 Å². The molecule has 1 unspecified atom stereocenters. The smallest absolute Gasteiger partial charge is 0.228 e. The maximum absolute atomic E-state index is 12.4. The fourth-order valence-electron chi connectivity index (χ4n) is 2.68.